The molecule has 0 saturated heterocycles. The standard InChI is InChI=1S/C31H37NO5/c1-21(5-6-22-7-9-25(10-8-22)29(34)32-19-28(33)30(35)36)20-37-27-17-13-24(14-18-27)23-11-15-26(16-12-23)31(2,3)4/h7-18,21,28,33H,5-6,19-20H2,1-4H3,(H,32,34)(H,35,36)/t21?,28-/m0/s1. The molecule has 3 rings (SSSR count). The molecule has 1 amide bonds. The van der Waals surface area contributed by atoms with E-state index in [0.717, 1.165) is 29.7 Å². The maximum Gasteiger partial charge on any atom is 0.334 e. The summed E-state index contributed by atoms with van der Waals surface area (Å²) in [5, 5.41) is 20.4. The van der Waals surface area contributed by atoms with E-state index in [4.69, 9.17) is 9.84 Å². The van der Waals surface area contributed by atoms with E-state index in [1.165, 1.54) is 11.1 Å². The quantitative estimate of drug-likeness (QED) is 0.322. The second kappa shape index (κ2) is 12.5. The van der Waals surface area contributed by atoms with Crippen molar-refractivity contribution in [1.29, 1.82) is 0 Å². The summed E-state index contributed by atoms with van der Waals surface area (Å²) in [4.78, 5) is 22.7. The van der Waals surface area contributed by atoms with Crippen molar-refractivity contribution in [3.8, 4) is 16.9 Å². The number of aliphatic hydroxyl groups excluding tert-OH is 1. The predicted molar refractivity (Wildman–Crippen MR) is 146 cm³/mol. The van der Waals surface area contributed by atoms with Crippen molar-refractivity contribution in [3.63, 3.8) is 0 Å². The topological polar surface area (TPSA) is 95.9 Å². The molecule has 0 aliphatic heterocycles. The zero-order chi connectivity index (χ0) is 27.0. The Hall–Kier alpha value is -3.64. The lowest BCUT2D eigenvalue weighted by atomic mass is 9.86. The molecule has 6 heteroatoms. The maximum atomic E-state index is 12.1. The van der Waals surface area contributed by atoms with Crippen LogP contribution in [0.25, 0.3) is 11.1 Å². The summed E-state index contributed by atoms with van der Waals surface area (Å²) in [5.74, 6) is -0.579. The van der Waals surface area contributed by atoms with E-state index < -0.39 is 18.0 Å². The van der Waals surface area contributed by atoms with Gasteiger partial charge in [-0.25, -0.2) is 4.79 Å². The number of aliphatic hydroxyl groups is 1. The van der Waals surface area contributed by atoms with Crippen molar-refractivity contribution in [1.82, 2.24) is 5.32 Å². The third-order valence-corrected chi connectivity index (χ3v) is 6.36. The molecule has 0 fully saturated rings. The van der Waals surface area contributed by atoms with Gasteiger partial charge in [0.2, 0.25) is 0 Å². The summed E-state index contributed by atoms with van der Waals surface area (Å²) >= 11 is 0. The first-order valence-electron chi connectivity index (χ1n) is 12.6. The van der Waals surface area contributed by atoms with E-state index in [9.17, 15) is 14.7 Å². The molecule has 0 aromatic heterocycles. The van der Waals surface area contributed by atoms with Crippen molar-refractivity contribution in [2.45, 2.75) is 52.1 Å². The molecule has 196 valence electrons. The molecule has 3 N–H and O–H groups in total. The first-order chi connectivity index (χ1) is 17.5. The van der Waals surface area contributed by atoms with Gasteiger partial charge in [-0.3, -0.25) is 4.79 Å². The first kappa shape index (κ1) is 27.9. The van der Waals surface area contributed by atoms with Gasteiger partial charge in [0.15, 0.2) is 6.10 Å². The molecule has 0 heterocycles. The van der Waals surface area contributed by atoms with Gasteiger partial charge in [-0.15, -0.1) is 0 Å². The van der Waals surface area contributed by atoms with Crippen LogP contribution in [0.15, 0.2) is 72.8 Å². The van der Waals surface area contributed by atoms with Gasteiger partial charge in [0, 0.05) is 5.56 Å². The monoisotopic (exact) mass is 503 g/mol. The Morgan fingerprint density at radius 2 is 1.46 bits per heavy atom. The molecule has 37 heavy (non-hydrogen) atoms. The average molecular weight is 504 g/mol. The highest BCUT2D eigenvalue weighted by Crippen LogP contribution is 2.27. The molecule has 1 unspecified atom stereocenters. The van der Waals surface area contributed by atoms with Gasteiger partial charge in [-0.2, -0.15) is 0 Å². The van der Waals surface area contributed by atoms with Crippen molar-refractivity contribution in [2.75, 3.05) is 13.2 Å². The Balaban J connectivity index is 1.43. The number of hydrogen-bond acceptors (Lipinski definition) is 4. The van der Waals surface area contributed by atoms with Gasteiger partial charge in [0.05, 0.1) is 13.2 Å². The third-order valence-electron chi connectivity index (χ3n) is 6.36. The molecule has 2 atom stereocenters. The number of hydrogen-bond donors (Lipinski definition) is 3. The average Bonchev–Trinajstić information content (AvgIpc) is 2.89. The highest BCUT2D eigenvalue weighted by atomic mass is 16.5. The molecule has 6 nitrogen and oxygen atoms in total. The second-order valence-electron chi connectivity index (χ2n) is 10.6. The van der Waals surface area contributed by atoms with Crippen LogP contribution in [0.1, 0.15) is 55.6 Å². The van der Waals surface area contributed by atoms with E-state index in [2.05, 4.69) is 69.4 Å². The zero-order valence-electron chi connectivity index (χ0n) is 22.0. The van der Waals surface area contributed by atoms with Crippen molar-refractivity contribution in [3.05, 3.63) is 89.5 Å². The minimum Gasteiger partial charge on any atom is -0.493 e. The largest absolute Gasteiger partial charge is 0.493 e. The Kier molecular flexibility index (Phi) is 9.48. The third kappa shape index (κ3) is 8.46. The molecule has 0 bridgehead atoms. The number of carbonyl (C=O) groups is 2. The number of aliphatic carboxylic acids is 1. The van der Waals surface area contributed by atoms with Crippen LogP contribution in [0.2, 0.25) is 0 Å². The minimum absolute atomic E-state index is 0.142. The number of ether oxygens (including phenoxy) is 1. The summed E-state index contributed by atoms with van der Waals surface area (Å²) in [6, 6.07) is 24.1. The molecule has 3 aromatic rings. The lowest BCUT2D eigenvalue weighted by molar-refractivity contribution is -0.146. The minimum atomic E-state index is -1.62. The summed E-state index contributed by atoms with van der Waals surface area (Å²) < 4.78 is 6.01. The Morgan fingerprint density at radius 1 is 0.892 bits per heavy atom. The number of nitrogens with one attached hydrogen (secondary N) is 1. The number of carbonyl (C=O) groups excluding carboxylic acids is 1. The van der Waals surface area contributed by atoms with Gasteiger partial charge in [-0.05, 0) is 70.7 Å². The second-order valence-corrected chi connectivity index (χ2v) is 10.6. The molecule has 0 aliphatic rings. The fourth-order valence-electron chi connectivity index (χ4n) is 3.84. The SMILES string of the molecule is CC(CCc1ccc(C(=O)NC[C@H](O)C(=O)O)cc1)COc1ccc(-c2ccc(C(C)(C)C)cc2)cc1. The van der Waals surface area contributed by atoms with Crippen LogP contribution in [0.4, 0.5) is 0 Å². The molecule has 0 saturated carbocycles. The number of benzene rings is 3. The number of amides is 1. The fraction of sp³-hybridized carbons (Fsp3) is 0.355. The van der Waals surface area contributed by atoms with Crippen LogP contribution in [0.3, 0.4) is 0 Å². The Bertz CT molecular complexity index is 1160. The molecular formula is C31H37NO5. The number of aryl methyl sites for hydroxylation is 1. The van der Waals surface area contributed by atoms with Crippen LogP contribution in [-0.4, -0.2) is 41.3 Å². The number of carboxylic acids is 1. The van der Waals surface area contributed by atoms with Gasteiger partial charge in [0.25, 0.3) is 5.91 Å². The van der Waals surface area contributed by atoms with E-state index in [1.807, 2.05) is 24.3 Å². The van der Waals surface area contributed by atoms with Gasteiger partial charge < -0.3 is 20.3 Å². The summed E-state index contributed by atoms with van der Waals surface area (Å²) in [6.07, 6.45) is 0.179. The van der Waals surface area contributed by atoms with E-state index >= 15 is 0 Å². The highest BCUT2D eigenvalue weighted by molar-refractivity contribution is 5.94. The molecule has 0 aliphatic carbocycles. The van der Waals surface area contributed by atoms with Gasteiger partial charge in [-0.1, -0.05) is 76.2 Å². The van der Waals surface area contributed by atoms with Crippen molar-refractivity contribution >= 4 is 11.9 Å². The summed E-state index contributed by atoms with van der Waals surface area (Å²) in [7, 11) is 0. The lowest BCUT2D eigenvalue weighted by Gasteiger charge is -2.19. The number of rotatable bonds is 11. The van der Waals surface area contributed by atoms with Crippen LogP contribution >= 0.6 is 0 Å². The van der Waals surface area contributed by atoms with E-state index in [1.54, 1.807) is 12.1 Å². The molecule has 0 radical (unpaired) electrons. The van der Waals surface area contributed by atoms with Crippen LogP contribution < -0.4 is 10.1 Å². The lowest BCUT2D eigenvalue weighted by Crippen LogP contribution is -2.36. The van der Waals surface area contributed by atoms with Gasteiger partial charge in [0.1, 0.15) is 5.75 Å². The molecule has 0 spiro atoms. The van der Waals surface area contributed by atoms with Crippen LogP contribution in [0, 0.1) is 5.92 Å². The van der Waals surface area contributed by atoms with E-state index in [0.29, 0.717) is 18.1 Å². The Morgan fingerprint density at radius 3 is 2.00 bits per heavy atom. The Labute approximate surface area is 219 Å². The van der Waals surface area contributed by atoms with Crippen LogP contribution in [0.5, 0.6) is 5.75 Å². The normalized spacial score (nSPS) is 13.0. The van der Waals surface area contributed by atoms with Crippen molar-refractivity contribution in [2.24, 2.45) is 5.92 Å². The zero-order valence-corrected chi connectivity index (χ0v) is 22.0. The van der Waals surface area contributed by atoms with E-state index in [-0.39, 0.29) is 12.0 Å². The summed E-state index contributed by atoms with van der Waals surface area (Å²) in [6.45, 7) is 9.09. The molecular weight excluding hydrogens is 466 g/mol. The summed E-state index contributed by atoms with van der Waals surface area (Å²) in [5.41, 5.74) is 5.34. The molecule has 3 aromatic carbocycles. The fourth-order valence-corrected chi connectivity index (χ4v) is 3.84. The number of carboxylic acid groups (broad SMARTS) is 1. The first-order valence-corrected chi connectivity index (χ1v) is 12.6. The highest BCUT2D eigenvalue weighted by Gasteiger charge is 2.15. The smallest absolute Gasteiger partial charge is 0.334 e. The predicted octanol–water partition coefficient (Wildman–Crippen LogP) is 5.47. The van der Waals surface area contributed by atoms with Crippen LogP contribution in [-0.2, 0) is 16.6 Å². The van der Waals surface area contributed by atoms with Crippen molar-refractivity contribution < 1.29 is 24.5 Å². The maximum absolute atomic E-state index is 12.1. The van der Waals surface area contributed by atoms with Gasteiger partial charge >= 0.3 is 5.97 Å².